The summed E-state index contributed by atoms with van der Waals surface area (Å²) in [7, 11) is 0. The van der Waals surface area contributed by atoms with Crippen LogP contribution in [0.3, 0.4) is 0 Å². The standard InChI is InChI=1S/C16H12N2OS2/c19-15-9-14-16(17-10-5-1-3-7-12(10)20-14)18-11-6-2-4-8-13(11)21-15/h1-8,17-18H,9H2. The number of fused-ring (bicyclic) bond motifs is 2. The number of carbonyl (C=O) groups excluding carboxylic acids is 1. The maximum atomic E-state index is 12.2. The Morgan fingerprint density at radius 3 is 2.05 bits per heavy atom. The topological polar surface area (TPSA) is 41.1 Å². The van der Waals surface area contributed by atoms with Crippen molar-refractivity contribution >= 4 is 40.0 Å². The largest absolute Gasteiger partial charge is 0.340 e. The molecule has 2 aliphatic heterocycles. The number of nitrogens with one attached hydrogen (secondary N) is 2. The number of para-hydroxylation sites is 2. The zero-order valence-electron chi connectivity index (χ0n) is 11.1. The molecule has 0 aromatic heterocycles. The van der Waals surface area contributed by atoms with Gasteiger partial charge in [0.25, 0.3) is 0 Å². The highest BCUT2D eigenvalue weighted by atomic mass is 32.2. The van der Waals surface area contributed by atoms with Crippen LogP contribution < -0.4 is 10.6 Å². The molecule has 2 N–H and O–H groups in total. The van der Waals surface area contributed by atoms with Gasteiger partial charge in [0.2, 0.25) is 0 Å². The second-order valence-corrected chi connectivity index (χ2v) is 7.03. The molecular formula is C16H12N2OS2. The van der Waals surface area contributed by atoms with E-state index >= 15 is 0 Å². The minimum Gasteiger partial charge on any atom is -0.340 e. The summed E-state index contributed by atoms with van der Waals surface area (Å²) < 4.78 is 0. The first-order valence-corrected chi connectivity index (χ1v) is 8.27. The SMILES string of the molecule is O=C1CC2=C(Nc3ccccc3S1)Nc1ccccc1S2. The molecule has 0 atom stereocenters. The zero-order chi connectivity index (χ0) is 14.2. The van der Waals surface area contributed by atoms with Gasteiger partial charge < -0.3 is 10.6 Å². The van der Waals surface area contributed by atoms with Crippen LogP contribution in [-0.4, -0.2) is 5.12 Å². The van der Waals surface area contributed by atoms with Gasteiger partial charge in [0.1, 0.15) is 5.82 Å². The van der Waals surface area contributed by atoms with Gasteiger partial charge in [0.05, 0.1) is 17.8 Å². The lowest BCUT2D eigenvalue weighted by Gasteiger charge is -2.27. The maximum absolute atomic E-state index is 12.2. The van der Waals surface area contributed by atoms with E-state index in [0.29, 0.717) is 6.42 Å². The summed E-state index contributed by atoms with van der Waals surface area (Å²) in [4.78, 5) is 15.4. The first-order chi connectivity index (χ1) is 10.3. The molecule has 104 valence electrons. The minimum absolute atomic E-state index is 0.171. The van der Waals surface area contributed by atoms with Gasteiger partial charge in [-0.3, -0.25) is 4.79 Å². The van der Waals surface area contributed by atoms with Crippen LogP contribution in [0.4, 0.5) is 11.4 Å². The molecule has 5 heteroatoms. The number of hydrogen-bond acceptors (Lipinski definition) is 5. The van der Waals surface area contributed by atoms with Crippen LogP contribution in [0.2, 0.25) is 0 Å². The first-order valence-electron chi connectivity index (χ1n) is 6.63. The lowest BCUT2D eigenvalue weighted by Crippen LogP contribution is -2.18. The smallest absolute Gasteiger partial charge is 0.198 e. The molecule has 0 radical (unpaired) electrons. The highest BCUT2D eigenvalue weighted by molar-refractivity contribution is 8.14. The summed E-state index contributed by atoms with van der Waals surface area (Å²) in [5, 5.41) is 7.02. The lowest BCUT2D eigenvalue weighted by atomic mass is 10.2. The number of anilines is 2. The van der Waals surface area contributed by atoms with Gasteiger partial charge in [0, 0.05) is 14.7 Å². The molecule has 2 aliphatic rings. The summed E-state index contributed by atoms with van der Waals surface area (Å²) >= 11 is 2.97. The van der Waals surface area contributed by atoms with Crippen LogP contribution in [-0.2, 0) is 4.79 Å². The molecular weight excluding hydrogens is 300 g/mol. The fraction of sp³-hybridized carbons (Fsp3) is 0.0625. The van der Waals surface area contributed by atoms with Crippen molar-refractivity contribution in [2.75, 3.05) is 10.6 Å². The molecule has 3 nitrogen and oxygen atoms in total. The van der Waals surface area contributed by atoms with E-state index in [1.807, 2.05) is 36.4 Å². The quantitative estimate of drug-likeness (QED) is 0.749. The minimum atomic E-state index is 0.171. The summed E-state index contributed by atoms with van der Waals surface area (Å²) in [6.07, 6.45) is 0.438. The zero-order valence-corrected chi connectivity index (χ0v) is 12.7. The van der Waals surface area contributed by atoms with Crippen LogP contribution in [0.15, 0.2) is 69.0 Å². The lowest BCUT2D eigenvalue weighted by molar-refractivity contribution is -0.110. The fourth-order valence-corrected chi connectivity index (χ4v) is 4.33. The Kier molecular flexibility index (Phi) is 3.16. The van der Waals surface area contributed by atoms with E-state index < -0.39 is 0 Å². The van der Waals surface area contributed by atoms with Crippen molar-refractivity contribution in [1.29, 1.82) is 0 Å². The van der Waals surface area contributed by atoms with Crippen molar-refractivity contribution in [3.63, 3.8) is 0 Å². The highest BCUT2D eigenvalue weighted by Crippen LogP contribution is 2.44. The average molecular weight is 312 g/mol. The highest BCUT2D eigenvalue weighted by Gasteiger charge is 2.24. The number of thioether (sulfide) groups is 2. The molecule has 0 amide bonds. The van der Waals surface area contributed by atoms with Crippen molar-refractivity contribution < 1.29 is 4.79 Å². The summed E-state index contributed by atoms with van der Waals surface area (Å²) in [6.45, 7) is 0. The van der Waals surface area contributed by atoms with Gasteiger partial charge in [-0.05, 0) is 36.0 Å². The average Bonchev–Trinajstić information content (AvgIpc) is 2.48. The number of hydrogen-bond donors (Lipinski definition) is 2. The predicted octanol–water partition coefficient (Wildman–Crippen LogP) is 4.51. The molecule has 0 unspecified atom stereocenters. The first kappa shape index (κ1) is 12.9. The molecule has 2 aromatic carbocycles. The number of allylic oxidation sites excluding steroid dienone is 1. The van der Waals surface area contributed by atoms with Crippen molar-refractivity contribution in [2.45, 2.75) is 16.2 Å². The van der Waals surface area contributed by atoms with E-state index in [9.17, 15) is 4.79 Å². The molecule has 4 rings (SSSR count). The van der Waals surface area contributed by atoms with Crippen molar-refractivity contribution in [3.8, 4) is 0 Å². The molecule has 0 spiro atoms. The second-order valence-electron chi connectivity index (χ2n) is 4.79. The Hall–Kier alpha value is -1.85. The van der Waals surface area contributed by atoms with Crippen molar-refractivity contribution in [1.82, 2.24) is 0 Å². The molecule has 0 aliphatic carbocycles. The monoisotopic (exact) mass is 312 g/mol. The van der Waals surface area contributed by atoms with E-state index in [2.05, 4.69) is 22.8 Å². The molecule has 2 heterocycles. The normalized spacial score (nSPS) is 16.7. The van der Waals surface area contributed by atoms with Crippen LogP contribution >= 0.6 is 23.5 Å². The van der Waals surface area contributed by atoms with E-state index in [1.54, 1.807) is 11.8 Å². The molecule has 0 saturated heterocycles. The van der Waals surface area contributed by atoms with Gasteiger partial charge in [-0.2, -0.15) is 0 Å². The Bertz CT molecular complexity index is 770. The van der Waals surface area contributed by atoms with E-state index in [0.717, 1.165) is 31.9 Å². The molecule has 0 saturated carbocycles. The Labute approximate surface area is 131 Å². The van der Waals surface area contributed by atoms with Crippen molar-refractivity contribution in [3.05, 3.63) is 59.3 Å². The van der Waals surface area contributed by atoms with Gasteiger partial charge in [-0.15, -0.1) is 0 Å². The number of carbonyl (C=O) groups is 1. The third-order valence-corrected chi connectivity index (χ3v) is 5.45. The number of rotatable bonds is 0. The van der Waals surface area contributed by atoms with E-state index in [-0.39, 0.29) is 5.12 Å². The van der Waals surface area contributed by atoms with Crippen LogP contribution in [0.5, 0.6) is 0 Å². The summed E-state index contributed by atoms with van der Waals surface area (Å²) in [6, 6.07) is 16.0. The van der Waals surface area contributed by atoms with Gasteiger partial charge in [0.15, 0.2) is 5.12 Å². The second kappa shape index (κ2) is 5.16. The van der Waals surface area contributed by atoms with Crippen LogP contribution in [0, 0.1) is 0 Å². The van der Waals surface area contributed by atoms with Crippen LogP contribution in [0.25, 0.3) is 0 Å². The molecule has 0 fully saturated rings. The van der Waals surface area contributed by atoms with E-state index in [4.69, 9.17) is 0 Å². The predicted molar refractivity (Wildman–Crippen MR) is 88.5 cm³/mol. The van der Waals surface area contributed by atoms with E-state index in [1.165, 1.54) is 11.8 Å². The third kappa shape index (κ3) is 2.43. The van der Waals surface area contributed by atoms with Gasteiger partial charge >= 0.3 is 0 Å². The molecule has 21 heavy (non-hydrogen) atoms. The Balaban J connectivity index is 1.78. The fourth-order valence-electron chi connectivity index (χ4n) is 2.36. The summed E-state index contributed by atoms with van der Waals surface area (Å²) in [5.41, 5.74) is 2.04. The van der Waals surface area contributed by atoms with Crippen LogP contribution in [0.1, 0.15) is 6.42 Å². The summed E-state index contributed by atoms with van der Waals surface area (Å²) in [5.74, 6) is 0.916. The third-order valence-electron chi connectivity index (χ3n) is 3.33. The Morgan fingerprint density at radius 1 is 0.810 bits per heavy atom. The number of benzene rings is 2. The maximum Gasteiger partial charge on any atom is 0.198 e. The van der Waals surface area contributed by atoms with Gasteiger partial charge in [-0.25, -0.2) is 0 Å². The molecule has 2 aromatic rings. The Morgan fingerprint density at radius 2 is 1.38 bits per heavy atom. The van der Waals surface area contributed by atoms with Crippen molar-refractivity contribution in [2.24, 2.45) is 0 Å². The van der Waals surface area contributed by atoms with Gasteiger partial charge in [-0.1, -0.05) is 36.0 Å². The molecule has 0 bridgehead atoms.